The van der Waals surface area contributed by atoms with E-state index in [4.69, 9.17) is 11.6 Å². The summed E-state index contributed by atoms with van der Waals surface area (Å²) in [7, 11) is -2.57. The molecule has 10 heteroatoms. The zero-order valence-corrected chi connectivity index (χ0v) is 20.5. The van der Waals surface area contributed by atoms with Gasteiger partial charge in [-0.3, -0.25) is 4.98 Å². The molecule has 1 atom stereocenters. The van der Waals surface area contributed by atoms with Crippen molar-refractivity contribution >= 4 is 40.9 Å². The number of fused-ring (bicyclic) bond motifs is 1. The highest BCUT2D eigenvalue weighted by Crippen LogP contribution is 2.37. The molecule has 3 aromatic heterocycles. The van der Waals surface area contributed by atoms with Gasteiger partial charge in [-0.25, -0.2) is 23.1 Å². The monoisotopic (exact) mass is 504 g/mol. The highest BCUT2D eigenvalue weighted by Gasteiger charge is 2.21. The Balaban J connectivity index is 1.84. The van der Waals surface area contributed by atoms with Gasteiger partial charge in [-0.2, -0.15) is 0 Å². The Hall–Kier alpha value is -2.96. The second-order valence-electron chi connectivity index (χ2n) is 8.36. The number of nitrogens with one attached hydrogen (secondary N) is 1. The number of benzene rings is 1. The average molecular weight is 505 g/mol. The van der Waals surface area contributed by atoms with Crippen LogP contribution in [-0.2, 0) is 4.57 Å². The largest absolute Gasteiger partial charge is 0.375 e. The summed E-state index contributed by atoms with van der Waals surface area (Å²) in [6.07, 6.45) is 1.41. The molecule has 0 fully saturated rings. The molecule has 5 nitrogen and oxygen atoms in total. The van der Waals surface area contributed by atoms with E-state index in [-0.39, 0.29) is 27.3 Å². The molecule has 3 heterocycles. The number of hydrogen-bond donors (Lipinski definition) is 1. The number of aryl methyl sites for hydroxylation is 1. The van der Waals surface area contributed by atoms with Gasteiger partial charge in [0.1, 0.15) is 30.0 Å². The lowest BCUT2D eigenvalue weighted by Gasteiger charge is -2.20. The van der Waals surface area contributed by atoms with Crippen LogP contribution in [0.5, 0.6) is 0 Å². The van der Waals surface area contributed by atoms with Crippen molar-refractivity contribution in [1.82, 2.24) is 15.0 Å². The Morgan fingerprint density at radius 2 is 1.76 bits per heavy atom. The van der Waals surface area contributed by atoms with Crippen molar-refractivity contribution in [3.63, 3.8) is 0 Å². The molecule has 0 saturated carbocycles. The molecule has 1 unspecified atom stereocenters. The third-order valence-corrected chi connectivity index (χ3v) is 7.21. The number of nitrogens with zero attached hydrogens (tertiary/aromatic N) is 3. The van der Waals surface area contributed by atoms with Crippen molar-refractivity contribution < 1.29 is 17.7 Å². The molecule has 0 spiro atoms. The molecule has 4 aromatic rings. The smallest absolute Gasteiger partial charge is 0.151 e. The first-order valence-electron chi connectivity index (χ1n) is 10.4. The number of hydrogen-bond acceptors (Lipinski definition) is 5. The standard InChI is InChI=1S/C24H21ClF3N4OP/c1-12(16-9-15(26)6-7-17(16)27)31-24-21(25)13(2)30-19-10-18(28)22(32-23(19)24)14-5-8-20(29-11-14)34(3,4)33/h5-12H,1-4H3,(H,30,31). The van der Waals surface area contributed by atoms with Crippen LogP contribution in [0.2, 0.25) is 5.02 Å². The van der Waals surface area contributed by atoms with Crippen LogP contribution in [0.25, 0.3) is 22.3 Å². The van der Waals surface area contributed by atoms with Gasteiger partial charge in [0, 0.05) is 23.4 Å². The SMILES string of the molecule is Cc1nc2cc(F)c(-c3ccc(P(C)(C)=O)nc3)nc2c(NC(C)c2cc(F)ccc2F)c1Cl. The fourth-order valence-electron chi connectivity index (χ4n) is 3.58. The molecule has 0 aliphatic carbocycles. The van der Waals surface area contributed by atoms with E-state index in [1.54, 1.807) is 39.3 Å². The summed E-state index contributed by atoms with van der Waals surface area (Å²) in [5.74, 6) is -1.78. The number of pyridine rings is 3. The molecule has 34 heavy (non-hydrogen) atoms. The maximum Gasteiger partial charge on any atom is 0.151 e. The number of aromatic nitrogens is 3. The Bertz CT molecular complexity index is 1460. The molecule has 0 radical (unpaired) electrons. The zero-order valence-electron chi connectivity index (χ0n) is 18.8. The van der Waals surface area contributed by atoms with E-state index < -0.39 is 30.6 Å². The normalized spacial score (nSPS) is 12.7. The quantitative estimate of drug-likeness (QED) is 0.315. The Morgan fingerprint density at radius 3 is 2.41 bits per heavy atom. The summed E-state index contributed by atoms with van der Waals surface area (Å²) >= 11 is 6.51. The van der Waals surface area contributed by atoms with Crippen LogP contribution in [0.15, 0.2) is 42.6 Å². The van der Waals surface area contributed by atoms with E-state index in [0.29, 0.717) is 22.4 Å². The third kappa shape index (κ3) is 4.65. The summed E-state index contributed by atoms with van der Waals surface area (Å²) in [6.45, 7) is 6.50. The lowest BCUT2D eigenvalue weighted by atomic mass is 10.1. The van der Waals surface area contributed by atoms with E-state index in [9.17, 15) is 17.7 Å². The maximum absolute atomic E-state index is 15.0. The molecule has 0 aliphatic heterocycles. The van der Waals surface area contributed by atoms with Gasteiger partial charge in [-0.15, -0.1) is 0 Å². The van der Waals surface area contributed by atoms with Gasteiger partial charge < -0.3 is 9.88 Å². The van der Waals surface area contributed by atoms with Crippen LogP contribution in [0.4, 0.5) is 18.9 Å². The van der Waals surface area contributed by atoms with Crippen LogP contribution in [0.1, 0.15) is 24.2 Å². The van der Waals surface area contributed by atoms with Crippen molar-refractivity contribution in [2.24, 2.45) is 0 Å². The van der Waals surface area contributed by atoms with E-state index in [2.05, 4.69) is 20.3 Å². The van der Waals surface area contributed by atoms with Crippen LogP contribution in [-0.4, -0.2) is 28.3 Å². The summed E-state index contributed by atoms with van der Waals surface area (Å²) in [5.41, 5.74) is 2.15. The predicted octanol–water partition coefficient (Wildman–Crippen LogP) is 6.49. The fourth-order valence-corrected chi connectivity index (χ4v) is 4.54. The van der Waals surface area contributed by atoms with Crippen LogP contribution in [0.3, 0.4) is 0 Å². The third-order valence-electron chi connectivity index (χ3n) is 5.38. The highest BCUT2D eigenvalue weighted by atomic mass is 35.5. The van der Waals surface area contributed by atoms with Crippen molar-refractivity contribution in [2.75, 3.05) is 18.6 Å². The van der Waals surface area contributed by atoms with Gasteiger partial charge >= 0.3 is 0 Å². The molecular weight excluding hydrogens is 484 g/mol. The van der Waals surface area contributed by atoms with Gasteiger partial charge in [-0.1, -0.05) is 11.6 Å². The van der Waals surface area contributed by atoms with Crippen molar-refractivity contribution in [3.05, 3.63) is 76.3 Å². The lowest BCUT2D eigenvalue weighted by Crippen LogP contribution is -2.11. The van der Waals surface area contributed by atoms with Crippen molar-refractivity contribution in [1.29, 1.82) is 0 Å². The molecule has 176 valence electrons. The first-order chi connectivity index (χ1) is 16.0. The minimum atomic E-state index is -2.57. The molecule has 0 saturated heterocycles. The molecule has 1 N–H and O–H groups in total. The van der Waals surface area contributed by atoms with Gasteiger partial charge in [0.2, 0.25) is 0 Å². The minimum Gasteiger partial charge on any atom is -0.375 e. The van der Waals surface area contributed by atoms with Gasteiger partial charge in [-0.05, 0) is 57.5 Å². The predicted molar refractivity (Wildman–Crippen MR) is 130 cm³/mol. The van der Waals surface area contributed by atoms with Crippen molar-refractivity contribution in [2.45, 2.75) is 19.9 Å². The van der Waals surface area contributed by atoms with E-state index in [1.165, 1.54) is 12.3 Å². The highest BCUT2D eigenvalue weighted by molar-refractivity contribution is 7.69. The molecule has 0 amide bonds. The minimum absolute atomic E-state index is 0.00273. The van der Waals surface area contributed by atoms with Crippen molar-refractivity contribution in [3.8, 4) is 11.3 Å². The van der Waals surface area contributed by atoms with E-state index in [0.717, 1.165) is 18.2 Å². The van der Waals surface area contributed by atoms with E-state index >= 15 is 0 Å². The zero-order chi connectivity index (χ0) is 24.8. The maximum atomic E-state index is 15.0. The molecule has 4 rings (SSSR count). The Labute approximate surface area is 199 Å². The van der Waals surface area contributed by atoms with Gasteiger partial charge in [0.05, 0.1) is 33.4 Å². The Morgan fingerprint density at radius 1 is 1.03 bits per heavy atom. The van der Waals surface area contributed by atoms with Crippen LogP contribution >= 0.6 is 18.7 Å². The summed E-state index contributed by atoms with van der Waals surface area (Å²) in [6, 6.07) is 6.92. The van der Waals surface area contributed by atoms with Gasteiger partial charge in [0.25, 0.3) is 0 Å². The first-order valence-corrected chi connectivity index (χ1v) is 13.3. The first kappa shape index (κ1) is 24.2. The number of halogens is 4. The Kier molecular flexibility index (Phi) is 6.40. The van der Waals surface area contributed by atoms with E-state index in [1.807, 2.05) is 0 Å². The summed E-state index contributed by atoms with van der Waals surface area (Å²) in [5, 5.41) is 3.32. The lowest BCUT2D eigenvalue weighted by molar-refractivity contribution is 0.577. The van der Waals surface area contributed by atoms with Gasteiger partial charge in [0.15, 0.2) is 5.82 Å². The fraction of sp³-hybridized carbons (Fsp3) is 0.208. The molecule has 0 aliphatic rings. The number of anilines is 1. The second-order valence-corrected chi connectivity index (χ2v) is 11.9. The summed E-state index contributed by atoms with van der Waals surface area (Å²) < 4.78 is 55.3. The molecule has 0 bridgehead atoms. The summed E-state index contributed by atoms with van der Waals surface area (Å²) in [4.78, 5) is 13.0. The topological polar surface area (TPSA) is 67.8 Å². The van der Waals surface area contributed by atoms with Crippen LogP contribution < -0.4 is 10.8 Å². The second kappa shape index (κ2) is 9.01. The average Bonchev–Trinajstić information content (AvgIpc) is 2.77. The van der Waals surface area contributed by atoms with Crippen LogP contribution in [0, 0.1) is 24.4 Å². The molecule has 1 aromatic carbocycles. The number of rotatable bonds is 5. The molecular formula is C24H21ClF3N4OP.